The van der Waals surface area contributed by atoms with Crippen LogP contribution in [0.2, 0.25) is 0 Å². The fraction of sp³-hybridized carbons (Fsp3) is 0.0870. The number of hydrogen-bond donors (Lipinski definition) is 0. The first-order valence-electron chi connectivity index (χ1n) is 8.72. The number of benzene rings is 3. The van der Waals surface area contributed by atoms with Crippen molar-refractivity contribution in [1.82, 2.24) is 0 Å². The highest BCUT2D eigenvalue weighted by Gasteiger charge is 2.30. The van der Waals surface area contributed by atoms with Crippen LogP contribution in [-0.2, 0) is 6.61 Å². The van der Waals surface area contributed by atoms with E-state index >= 15 is 0 Å². The van der Waals surface area contributed by atoms with E-state index in [-0.39, 0.29) is 24.0 Å². The molecule has 0 radical (unpaired) electrons. The van der Waals surface area contributed by atoms with Crippen LogP contribution in [0.1, 0.15) is 27.0 Å². The van der Waals surface area contributed by atoms with Gasteiger partial charge in [0.05, 0.1) is 5.56 Å². The molecule has 28 heavy (non-hydrogen) atoms. The van der Waals surface area contributed by atoms with E-state index in [2.05, 4.69) is 15.9 Å². The van der Waals surface area contributed by atoms with E-state index in [0.717, 1.165) is 21.2 Å². The zero-order valence-corrected chi connectivity index (χ0v) is 16.6. The Labute approximate surface area is 170 Å². The number of carbonyl (C=O) groups is 1. The Morgan fingerprint density at radius 1 is 1.11 bits per heavy atom. The molecule has 3 aromatic rings. The summed E-state index contributed by atoms with van der Waals surface area (Å²) in [5, 5.41) is 0. The number of allylic oxidation sites excluding steroid dienone is 1. The van der Waals surface area contributed by atoms with E-state index in [4.69, 9.17) is 9.47 Å². The number of fused-ring (bicyclic) bond motifs is 1. The van der Waals surface area contributed by atoms with E-state index in [1.54, 1.807) is 30.3 Å². The number of halogens is 2. The molecule has 0 amide bonds. The van der Waals surface area contributed by atoms with E-state index in [9.17, 15) is 9.18 Å². The van der Waals surface area contributed by atoms with E-state index < -0.39 is 0 Å². The summed E-state index contributed by atoms with van der Waals surface area (Å²) in [6, 6.07) is 17.3. The summed E-state index contributed by atoms with van der Waals surface area (Å²) in [4.78, 5) is 12.7. The second-order valence-electron chi connectivity index (χ2n) is 6.48. The fourth-order valence-electron chi connectivity index (χ4n) is 3.02. The normalized spacial score (nSPS) is 14.1. The minimum Gasteiger partial charge on any atom is -0.488 e. The number of Topliss-reactive ketones (excluding diaryl/α,β-unsaturated/α-hetero) is 1. The first-order valence-corrected chi connectivity index (χ1v) is 9.51. The Hall–Kier alpha value is -2.92. The van der Waals surface area contributed by atoms with Crippen molar-refractivity contribution in [3.05, 3.63) is 99.0 Å². The van der Waals surface area contributed by atoms with Crippen LogP contribution in [-0.4, -0.2) is 5.78 Å². The van der Waals surface area contributed by atoms with Gasteiger partial charge in [0.25, 0.3) is 0 Å². The van der Waals surface area contributed by atoms with Gasteiger partial charge in [0.15, 0.2) is 5.76 Å². The minimum atomic E-state index is -0.302. The molecule has 0 fully saturated rings. The first-order chi connectivity index (χ1) is 13.5. The topological polar surface area (TPSA) is 35.5 Å². The molecule has 0 unspecified atom stereocenters. The molecule has 140 valence electrons. The standard InChI is InChI=1S/C23H16BrFO3/c1-14-20(27-13-16-3-2-4-18(25)11-16)10-9-19-22(26)21(28-23(14)19)12-15-5-7-17(24)8-6-15/h2-12H,13H2,1H3/b21-12-. The summed E-state index contributed by atoms with van der Waals surface area (Å²) in [5.74, 6) is 0.926. The van der Waals surface area contributed by atoms with Crippen molar-refractivity contribution >= 4 is 27.8 Å². The molecule has 4 rings (SSSR count). The summed E-state index contributed by atoms with van der Waals surface area (Å²) >= 11 is 3.39. The molecule has 0 N–H and O–H groups in total. The second kappa shape index (κ2) is 7.60. The van der Waals surface area contributed by atoms with Crippen molar-refractivity contribution in [1.29, 1.82) is 0 Å². The predicted octanol–water partition coefficient (Wildman–Crippen LogP) is 6.09. The van der Waals surface area contributed by atoms with Crippen molar-refractivity contribution in [3.8, 4) is 11.5 Å². The van der Waals surface area contributed by atoms with Crippen LogP contribution in [0.4, 0.5) is 4.39 Å². The number of hydrogen-bond acceptors (Lipinski definition) is 3. The Kier molecular flexibility index (Phi) is 5.01. The van der Waals surface area contributed by atoms with Gasteiger partial charge < -0.3 is 9.47 Å². The van der Waals surface area contributed by atoms with Crippen LogP contribution in [0, 0.1) is 12.7 Å². The highest BCUT2D eigenvalue weighted by molar-refractivity contribution is 9.10. The SMILES string of the molecule is Cc1c(OCc2cccc(F)c2)ccc2c1O/C(=C\c1ccc(Br)cc1)C2=O. The Morgan fingerprint density at radius 3 is 2.64 bits per heavy atom. The molecule has 3 aromatic carbocycles. The monoisotopic (exact) mass is 438 g/mol. The number of carbonyl (C=O) groups excluding carboxylic acids is 1. The van der Waals surface area contributed by atoms with Crippen LogP contribution >= 0.6 is 15.9 Å². The van der Waals surface area contributed by atoms with Crippen LogP contribution in [0.3, 0.4) is 0 Å². The Bertz CT molecular complexity index is 1090. The molecule has 3 nitrogen and oxygen atoms in total. The van der Waals surface area contributed by atoms with Crippen molar-refractivity contribution in [3.63, 3.8) is 0 Å². The van der Waals surface area contributed by atoms with Gasteiger partial charge in [-0.1, -0.05) is 40.2 Å². The molecule has 0 atom stereocenters. The highest BCUT2D eigenvalue weighted by atomic mass is 79.9. The average molecular weight is 439 g/mol. The lowest BCUT2D eigenvalue weighted by Crippen LogP contribution is -1.98. The maximum atomic E-state index is 13.3. The smallest absolute Gasteiger partial charge is 0.231 e. The van der Waals surface area contributed by atoms with Gasteiger partial charge in [-0.05, 0) is 60.5 Å². The van der Waals surface area contributed by atoms with Gasteiger partial charge in [-0.2, -0.15) is 0 Å². The summed E-state index contributed by atoms with van der Waals surface area (Å²) < 4.78 is 26.0. The number of rotatable bonds is 4. The Morgan fingerprint density at radius 2 is 1.89 bits per heavy atom. The van der Waals surface area contributed by atoms with Crippen LogP contribution < -0.4 is 9.47 Å². The molecular weight excluding hydrogens is 423 g/mol. The zero-order chi connectivity index (χ0) is 19.7. The molecule has 1 heterocycles. The lowest BCUT2D eigenvalue weighted by atomic mass is 10.1. The maximum absolute atomic E-state index is 13.3. The lowest BCUT2D eigenvalue weighted by Gasteiger charge is -2.11. The summed E-state index contributed by atoms with van der Waals surface area (Å²) in [7, 11) is 0. The van der Waals surface area contributed by atoms with Crippen LogP contribution in [0.15, 0.2) is 70.9 Å². The first kappa shape index (κ1) is 18.4. The third kappa shape index (κ3) is 3.71. The molecule has 0 saturated heterocycles. The van der Waals surface area contributed by atoms with Gasteiger partial charge in [0.1, 0.15) is 23.9 Å². The lowest BCUT2D eigenvalue weighted by molar-refractivity contribution is 0.101. The van der Waals surface area contributed by atoms with E-state index in [1.807, 2.05) is 31.2 Å². The van der Waals surface area contributed by atoms with Crippen molar-refractivity contribution in [2.45, 2.75) is 13.5 Å². The van der Waals surface area contributed by atoms with Crippen LogP contribution in [0.25, 0.3) is 6.08 Å². The number of ketones is 1. The quantitative estimate of drug-likeness (QED) is 0.462. The van der Waals surface area contributed by atoms with Gasteiger partial charge in [0, 0.05) is 10.0 Å². The molecule has 0 aromatic heterocycles. The molecule has 0 spiro atoms. The minimum absolute atomic E-state index is 0.155. The molecule has 0 aliphatic carbocycles. The molecule has 1 aliphatic heterocycles. The van der Waals surface area contributed by atoms with Gasteiger partial charge >= 0.3 is 0 Å². The maximum Gasteiger partial charge on any atom is 0.231 e. The summed E-state index contributed by atoms with van der Waals surface area (Å²) in [6.45, 7) is 2.07. The summed E-state index contributed by atoms with van der Waals surface area (Å²) in [6.07, 6.45) is 1.72. The summed E-state index contributed by atoms with van der Waals surface area (Å²) in [5.41, 5.74) is 2.85. The molecule has 1 aliphatic rings. The average Bonchev–Trinajstić information content (AvgIpc) is 3.00. The fourth-order valence-corrected chi connectivity index (χ4v) is 3.29. The van der Waals surface area contributed by atoms with Gasteiger partial charge in [0.2, 0.25) is 5.78 Å². The van der Waals surface area contributed by atoms with E-state index in [0.29, 0.717) is 17.1 Å². The molecule has 0 saturated carbocycles. The van der Waals surface area contributed by atoms with Gasteiger partial charge in [-0.3, -0.25) is 4.79 Å². The third-order valence-corrected chi connectivity index (χ3v) is 5.02. The van der Waals surface area contributed by atoms with Crippen molar-refractivity contribution in [2.24, 2.45) is 0 Å². The van der Waals surface area contributed by atoms with Gasteiger partial charge in [-0.15, -0.1) is 0 Å². The van der Waals surface area contributed by atoms with Crippen molar-refractivity contribution in [2.75, 3.05) is 0 Å². The van der Waals surface area contributed by atoms with E-state index in [1.165, 1.54) is 12.1 Å². The largest absolute Gasteiger partial charge is 0.488 e. The molecule has 5 heteroatoms. The van der Waals surface area contributed by atoms with Crippen LogP contribution in [0.5, 0.6) is 11.5 Å². The van der Waals surface area contributed by atoms with Crippen molar-refractivity contribution < 1.29 is 18.7 Å². The Balaban J connectivity index is 1.57. The molecular formula is C23H16BrFO3. The number of ether oxygens (including phenoxy) is 2. The predicted molar refractivity (Wildman–Crippen MR) is 109 cm³/mol. The third-order valence-electron chi connectivity index (χ3n) is 4.49. The second-order valence-corrected chi connectivity index (χ2v) is 7.39. The van der Waals surface area contributed by atoms with Gasteiger partial charge in [-0.25, -0.2) is 4.39 Å². The molecule has 0 bridgehead atoms. The highest BCUT2D eigenvalue weighted by Crippen LogP contribution is 2.39. The zero-order valence-electron chi connectivity index (χ0n) is 15.0.